The Kier molecular flexibility index (Phi) is 5.48. The Balaban J connectivity index is 1.92. The highest BCUT2D eigenvalue weighted by Gasteiger charge is 2.32. The molecule has 2 N–H and O–H groups in total. The predicted octanol–water partition coefficient (Wildman–Crippen LogP) is 2.71. The molecule has 0 aromatic rings. The van der Waals surface area contributed by atoms with Crippen molar-refractivity contribution in [3.05, 3.63) is 0 Å². The number of carbonyl (C=O) groups excluding carboxylic acids is 1. The SMILES string of the molecule is CC(C)C1CCCCC1NC(=O)N1CCC[C@H](C(=O)O)C1. The van der Waals surface area contributed by atoms with Gasteiger partial charge in [-0.05, 0) is 37.5 Å². The van der Waals surface area contributed by atoms with Gasteiger partial charge in [-0.1, -0.05) is 26.7 Å². The second kappa shape index (κ2) is 7.14. The number of nitrogens with zero attached hydrogens (tertiary/aromatic N) is 1. The Morgan fingerprint density at radius 3 is 2.52 bits per heavy atom. The van der Waals surface area contributed by atoms with Gasteiger partial charge < -0.3 is 15.3 Å². The maximum atomic E-state index is 12.4. The summed E-state index contributed by atoms with van der Waals surface area (Å²) in [4.78, 5) is 25.2. The summed E-state index contributed by atoms with van der Waals surface area (Å²) in [7, 11) is 0. The summed E-state index contributed by atoms with van der Waals surface area (Å²) in [5, 5.41) is 12.3. The summed E-state index contributed by atoms with van der Waals surface area (Å²) >= 11 is 0. The Labute approximate surface area is 127 Å². The van der Waals surface area contributed by atoms with E-state index in [0.717, 1.165) is 12.8 Å². The maximum Gasteiger partial charge on any atom is 0.317 e. The van der Waals surface area contributed by atoms with Crippen molar-refractivity contribution in [1.29, 1.82) is 0 Å². The average Bonchev–Trinajstić information content (AvgIpc) is 2.47. The third-order valence-electron chi connectivity index (χ3n) is 5.04. The third kappa shape index (κ3) is 4.11. The van der Waals surface area contributed by atoms with Crippen molar-refractivity contribution in [2.75, 3.05) is 13.1 Å². The molecule has 1 saturated carbocycles. The molecule has 1 heterocycles. The van der Waals surface area contributed by atoms with Crippen LogP contribution in [0, 0.1) is 17.8 Å². The lowest BCUT2D eigenvalue weighted by molar-refractivity contribution is -0.143. The molecule has 2 fully saturated rings. The molecular formula is C16H28N2O3. The zero-order valence-corrected chi connectivity index (χ0v) is 13.2. The summed E-state index contributed by atoms with van der Waals surface area (Å²) in [6.45, 7) is 5.46. The maximum absolute atomic E-state index is 12.4. The summed E-state index contributed by atoms with van der Waals surface area (Å²) in [5.41, 5.74) is 0. The van der Waals surface area contributed by atoms with Gasteiger partial charge in [-0.3, -0.25) is 4.79 Å². The summed E-state index contributed by atoms with van der Waals surface area (Å²) in [6.07, 6.45) is 6.11. The highest BCUT2D eigenvalue weighted by atomic mass is 16.4. The molecule has 1 aliphatic carbocycles. The number of carboxylic acid groups (broad SMARTS) is 1. The number of rotatable bonds is 3. The molecule has 1 aliphatic heterocycles. The van der Waals surface area contributed by atoms with E-state index in [0.29, 0.717) is 31.3 Å². The minimum Gasteiger partial charge on any atom is -0.481 e. The number of hydrogen-bond donors (Lipinski definition) is 2. The molecule has 120 valence electrons. The number of nitrogens with one attached hydrogen (secondary N) is 1. The number of hydrogen-bond acceptors (Lipinski definition) is 2. The molecule has 2 rings (SSSR count). The molecule has 2 unspecified atom stereocenters. The summed E-state index contributed by atoms with van der Waals surface area (Å²) < 4.78 is 0. The van der Waals surface area contributed by atoms with Gasteiger partial charge in [0.2, 0.25) is 0 Å². The van der Waals surface area contributed by atoms with E-state index in [9.17, 15) is 9.59 Å². The van der Waals surface area contributed by atoms with Gasteiger partial charge in [-0.2, -0.15) is 0 Å². The lowest BCUT2D eigenvalue weighted by Crippen LogP contribution is -2.52. The van der Waals surface area contributed by atoms with E-state index in [4.69, 9.17) is 5.11 Å². The van der Waals surface area contributed by atoms with Gasteiger partial charge in [-0.15, -0.1) is 0 Å². The Morgan fingerprint density at radius 1 is 1.14 bits per heavy atom. The fourth-order valence-electron chi connectivity index (χ4n) is 3.75. The minimum atomic E-state index is -0.787. The number of aliphatic carboxylic acids is 1. The lowest BCUT2D eigenvalue weighted by atomic mass is 9.78. The van der Waals surface area contributed by atoms with Crippen molar-refractivity contribution in [3.8, 4) is 0 Å². The van der Waals surface area contributed by atoms with Crippen LogP contribution >= 0.6 is 0 Å². The first-order valence-electron chi connectivity index (χ1n) is 8.27. The molecule has 1 saturated heterocycles. The van der Waals surface area contributed by atoms with Crippen LogP contribution in [0.4, 0.5) is 4.79 Å². The predicted molar refractivity (Wildman–Crippen MR) is 81.0 cm³/mol. The van der Waals surface area contributed by atoms with Crippen LogP contribution < -0.4 is 5.32 Å². The van der Waals surface area contributed by atoms with E-state index < -0.39 is 11.9 Å². The Morgan fingerprint density at radius 2 is 1.86 bits per heavy atom. The molecule has 0 aromatic heterocycles. The van der Waals surface area contributed by atoms with Gasteiger partial charge in [0.25, 0.3) is 0 Å². The molecule has 2 aliphatic rings. The van der Waals surface area contributed by atoms with E-state index in [1.54, 1.807) is 4.90 Å². The number of piperidine rings is 1. The van der Waals surface area contributed by atoms with Crippen LogP contribution in [0.15, 0.2) is 0 Å². The largest absolute Gasteiger partial charge is 0.481 e. The topological polar surface area (TPSA) is 69.6 Å². The fourth-order valence-corrected chi connectivity index (χ4v) is 3.75. The number of urea groups is 1. The molecule has 5 heteroatoms. The van der Waals surface area contributed by atoms with Crippen molar-refractivity contribution in [1.82, 2.24) is 10.2 Å². The van der Waals surface area contributed by atoms with E-state index in [-0.39, 0.29) is 12.1 Å². The number of likely N-dealkylation sites (tertiary alicyclic amines) is 1. The van der Waals surface area contributed by atoms with Crippen LogP contribution in [-0.2, 0) is 4.79 Å². The highest BCUT2D eigenvalue weighted by Crippen LogP contribution is 2.30. The van der Waals surface area contributed by atoms with Gasteiger partial charge >= 0.3 is 12.0 Å². The first-order chi connectivity index (χ1) is 9.99. The second-order valence-electron chi connectivity index (χ2n) is 6.87. The van der Waals surface area contributed by atoms with Crippen LogP contribution in [0.5, 0.6) is 0 Å². The van der Waals surface area contributed by atoms with Crippen molar-refractivity contribution < 1.29 is 14.7 Å². The number of amides is 2. The molecule has 2 amide bonds. The monoisotopic (exact) mass is 296 g/mol. The van der Waals surface area contributed by atoms with Crippen LogP contribution in [0.1, 0.15) is 52.4 Å². The Bertz CT molecular complexity index is 384. The van der Waals surface area contributed by atoms with Crippen LogP contribution in [0.25, 0.3) is 0 Å². The van der Waals surface area contributed by atoms with Crippen molar-refractivity contribution in [2.24, 2.45) is 17.8 Å². The number of carboxylic acids is 1. The van der Waals surface area contributed by atoms with Gasteiger partial charge in [0.15, 0.2) is 0 Å². The minimum absolute atomic E-state index is 0.0708. The van der Waals surface area contributed by atoms with Crippen molar-refractivity contribution in [2.45, 2.75) is 58.4 Å². The van der Waals surface area contributed by atoms with E-state index >= 15 is 0 Å². The molecule has 3 atom stereocenters. The molecule has 0 aromatic carbocycles. The third-order valence-corrected chi connectivity index (χ3v) is 5.04. The van der Waals surface area contributed by atoms with E-state index in [1.165, 1.54) is 19.3 Å². The molecular weight excluding hydrogens is 268 g/mol. The highest BCUT2D eigenvalue weighted by molar-refractivity contribution is 5.76. The standard InChI is InChI=1S/C16H28N2O3/c1-11(2)13-7-3-4-8-14(13)17-16(21)18-9-5-6-12(10-18)15(19)20/h11-14H,3-10H2,1-2H3,(H,17,21)(H,19,20)/t12-,13?,14?/m0/s1. The first-order valence-corrected chi connectivity index (χ1v) is 8.27. The van der Waals surface area contributed by atoms with Gasteiger partial charge in [0, 0.05) is 19.1 Å². The molecule has 0 radical (unpaired) electrons. The molecule has 21 heavy (non-hydrogen) atoms. The second-order valence-corrected chi connectivity index (χ2v) is 6.87. The van der Waals surface area contributed by atoms with Gasteiger partial charge in [-0.25, -0.2) is 4.79 Å². The smallest absolute Gasteiger partial charge is 0.317 e. The van der Waals surface area contributed by atoms with Crippen LogP contribution in [-0.4, -0.2) is 41.1 Å². The van der Waals surface area contributed by atoms with Crippen LogP contribution in [0.3, 0.4) is 0 Å². The van der Waals surface area contributed by atoms with Gasteiger partial charge in [0.1, 0.15) is 0 Å². The van der Waals surface area contributed by atoms with Crippen molar-refractivity contribution in [3.63, 3.8) is 0 Å². The summed E-state index contributed by atoms with van der Waals surface area (Å²) in [6, 6.07) is 0.176. The normalized spacial score (nSPS) is 30.2. The fraction of sp³-hybridized carbons (Fsp3) is 0.875. The number of carbonyl (C=O) groups is 2. The lowest BCUT2D eigenvalue weighted by Gasteiger charge is -2.37. The average molecular weight is 296 g/mol. The van der Waals surface area contributed by atoms with E-state index in [1.807, 2.05) is 0 Å². The zero-order valence-electron chi connectivity index (χ0n) is 13.2. The quantitative estimate of drug-likeness (QED) is 0.841. The van der Waals surface area contributed by atoms with Gasteiger partial charge in [0.05, 0.1) is 5.92 Å². The van der Waals surface area contributed by atoms with Crippen molar-refractivity contribution >= 4 is 12.0 Å². The first kappa shape index (κ1) is 16.1. The molecule has 0 spiro atoms. The van der Waals surface area contributed by atoms with E-state index in [2.05, 4.69) is 19.2 Å². The molecule has 5 nitrogen and oxygen atoms in total. The van der Waals surface area contributed by atoms with Crippen LogP contribution in [0.2, 0.25) is 0 Å². The molecule has 0 bridgehead atoms. The summed E-state index contributed by atoms with van der Waals surface area (Å²) in [5.74, 6) is -0.0755. The Hall–Kier alpha value is -1.26. The zero-order chi connectivity index (χ0) is 15.4.